The molecule has 1 nitrogen and oxygen atoms in total. The van der Waals surface area contributed by atoms with Crippen molar-refractivity contribution in [2.75, 3.05) is 0 Å². The van der Waals surface area contributed by atoms with Crippen molar-refractivity contribution < 1.29 is 13.6 Å². The fourth-order valence-corrected chi connectivity index (χ4v) is 2.28. The molecule has 17 heavy (non-hydrogen) atoms. The summed E-state index contributed by atoms with van der Waals surface area (Å²) >= 11 is 1.51. The van der Waals surface area contributed by atoms with Gasteiger partial charge in [0.15, 0.2) is 11.6 Å². The summed E-state index contributed by atoms with van der Waals surface area (Å²) in [5.74, 6) is -1.80. The molecule has 4 heteroatoms. The molecule has 1 heterocycles. The molecule has 0 saturated carbocycles. The van der Waals surface area contributed by atoms with Crippen LogP contribution in [-0.4, -0.2) is 5.78 Å². The normalized spacial score (nSPS) is 10.5. The molecule has 0 fully saturated rings. The fourth-order valence-electron chi connectivity index (χ4n) is 1.55. The molecule has 1 aromatic carbocycles. The highest BCUT2D eigenvalue weighted by molar-refractivity contribution is 7.10. The van der Waals surface area contributed by atoms with E-state index in [1.165, 1.54) is 17.4 Å². The largest absolute Gasteiger partial charge is 0.299 e. The molecule has 0 N–H and O–H groups in total. The van der Waals surface area contributed by atoms with Crippen molar-refractivity contribution in [3.63, 3.8) is 0 Å². The second-order valence-electron chi connectivity index (χ2n) is 3.72. The Morgan fingerprint density at radius 2 is 1.94 bits per heavy atom. The molecular formula is C13H10F2OS. The van der Waals surface area contributed by atoms with Crippen molar-refractivity contribution >= 4 is 17.1 Å². The summed E-state index contributed by atoms with van der Waals surface area (Å²) in [5.41, 5.74) is 0.505. The number of hydrogen-bond acceptors (Lipinski definition) is 2. The van der Waals surface area contributed by atoms with Crippen molar-refractivity contribution in [3.05, 3.63) is 57.8 Å². The van der Waals surface area contributed by atoms with E-state index in [1.54, 1.807) is 0 Å². The molecule has 0 amide bonds. The van der Waals surface area contributed by atoms with E-state index < -0.39 is 11.6 Å². The van der Waals surface area contributed by atoms with E-state index in [9.17, 15) is 13.6 Å². The molecule has 0 aliphatic heterocycles. The number of thiophene rings is 1. The topological polar surface area (TPSA) is 17.1 Å². The van der Waals surface area contributed by atoms with Crippen molar-refractivity contribution in [1.29, 1.82) is 0 Å². The van der Waals surface area contributed by atoms with Gasteiger partial charge < -0.3 is 0 Å². The van der Waals surface area contributed by atoms with Gasteiger partial charge in [-0.1, -0.05) is 12.1 Å². The van der Waals surface area contributed by atoms with Gasteiger partial charge in [0, 0.05) is 17.7 Å². The Kier molecular flexibility index (Phi) is 3.64. The summed E-state index contributed by atoms with van der Waals surface area (Å²) < 4.78 is 25.6. The van der Waals surface area contributed by atoms with Crippen LogP contribution < -0.4 is 0 Å². The molecule has 0 aliphatic carbocycles. The first-order chi connectivity index (χ1) is 8.15. The SMILES string of the molecule is O=C(Cc1ccc(F)c(F)c1)Cc1cccs1. The van der Waals surface area contributed by atoms with Crippen LogP contribution in [0.15, 0.2) is 35.7 Å². The van der Waals surface area contributed by atoms with Gasteiger partial charge in [0.2, 0.25) is 0 Å². The first-order valence-electron chi connectivity index (χ1n) is 5.13. The molecule has 0 spiro atoms. The maximum Gasteiger partial charge on any atom is 0.159 e. The van der Waals surface area contributed by atoms with Crippen molar-refractivity contribution in [1.82, 2.24) is 0 Å². The summed E-state index contributed by atoms with van der Waals surface area (Å²) in [6, 6.07) is 7.31. The maximum absolute atomic E-state index is 12.9. The fraction of sp³-hybridized carbons (Fsp3) is 0.154. The summed E-state index contributed by atoms with van der Waals surface area (Å²) in [7, 11) is 0. The average Bonchev–Trinajstić information content (AvgIpc) is 2.76. The van der Waals surface area contributed by atoms with E-state index in [2.05, 4.69) is 0 Å². The molecule has 0 radical (unpaired) electrons. The van der Waals surface area contributed by atoms with Crippen LogP contribution in [0.5, 0.6) is 0 Å². The third-order valence-electron chi connectivity index (χ3n) is 2.34. The Bertz CT molecular complexity index is 520. The lowest BCUT2D eigenvalue weighted by Gasteiger charge is -2.01. The zero-order valence-corrected chi connectivity index (χ0v) is 9.77. The second-order valence-corrected chi connectivity index (χ2v) is 4.75. The van der Waals surface area contributed by atoms with Crippen molar-refractivity contribution in [3.8, 4) is 0 Å². The van der Waals surface area contributed by atoms with Gasteiger partial charge in [0.05, 0.1) is 0 Å². The molecule has 88 valence electrons. The summed E-state index contributed by atoms with van der Waals surface area (Å²) in [6.07, 6.45) is 0.478. The van der Waals surface area contributed by atoms with Gasteiger partial charge in [0.25, 0.3) is 0 Å². The molecule has 0 saturated heterocycles. The quantitative estimate of drug-likeness (QED) is 0.815. The van der Waals surface area contributed by atoms with Crippen molar-refractivity contribution in [2.45, 2.75) is 12.8 Å². The van der Waals surface area contributed by atoms with E-state index in [-0.39, 0.29) is 12.2 Å². The van der Waals surface area contributed by atoms with E-state index in [0.29, 0.717) is 12.0 Å². The van der Waals surface area contributed by atoms with Crippen LogP contribution in [0.2, 0.25) is 0 Å². The van der Waals surface area contributed by atoms with E-state index in [1.807, 2.05) is 17.5 Å². The van der Waals surface area contributed by atoms with Crippen molar-refractivity contribution in [2.24, 2.45) is 0 Å². The third kappa shape index (κ3) is 3.20. The smallest absolute Gasteiger partial charge is 0.159 e. The summed E-state index contributed by atoms with van der Waals surface area (Å²) in [6.45, 7) is 0. The Balaban J connectivity index is 2.00. The van der Waals surface area contributed by atoms with Gasteiger partial charge in [-0.05, 0) is 29.1 Å². The van der Waals surface area contributed by atoms with Gasteiger partial charge >= 0.3 is 0 Å². The number of benzene rings is 1. The van der Waals surface area contributed by atoms with Gasteiger partial charge in [-0.3, -0.25) is 4.79 Å². The number of Topliss-reactive ketones (excluding diaryl/α,β-unsaturated/α-hetero) is 1. The number of ketones is 1. The lowest BCUT2D eigenvalue weighted by molar-refractivity contribution is -0.117. The number of rotatable bonds is 4. The predicted molar refractivity (Wildman–Crippen MR) is 63.1 cm³/mol. The first-order valence-corrected chi connectivity index (χ1v) is 6.01. The second kappa shape index (κ2) is 5.19. The highest BCUT2D eigenvalue weighted by atomic mass is 32.1. The summed E-state index contributed by atoms with van der Waals surface area (Å²) in [4.78, 5) is 12.7. The monoisotopic (exact) mass is 252 g/mol. The molecule has 2 aromatic rings. The Labute approximate surface area is 102 Å². The van der Waals surface area contributed by atoms with Crippen LogP contribution in [0.1, 0.15) is 10.4 Å². The lowest BCUT2D eigenvalue weighted by atomic mass is 10.1. The Hall–Kier alpha value is -1.55. The predicted octanol–water partition coefficient (Wildman–Crippen LogP) is 3.38. The summed E-state index contributed by atoms with van der Waals surface area (Å²) in [5, 5.41) is 1.90. The van der Waals surface area contributed by atoms with Crippen LogP contribution in [0.3, 0.4) is 0 Å². The molecule has 0 atom stereocenters. The number of carbonyl (C=O) groups excluding carboxylic acids is 1. The molecule has 0 bridgehead atoms. The molecular weight excluding hydrogens is 242 g/mol. The van der Waals surface area contributed by atoms with Gasteiger partial charge in [-0.2, -0.15) is 0 Å². The van der Waals surface area contributed by atoms with E-state index >= 15 is 0 Å². The maximum atomic E-state index is 12.9. The van der Waals surface area contributed by atoms with Crippen LogP contribution in [0, 0.1) is 11.6 Å². The lowest BCUT2D eigenvalue weighted by Crippen LogP contribution is -2.06. The van der Waals surface area contributed by atoms with Crippen LogP contribution >= 0.6 is 11.3 Å². The van der Waals surface area contributed by atoms with Crippen LogP contribution in [-0.2, 0) is 17.6 Å². The van der Waals surface area contributed by atoms with Gasteiger partial charge in [-0.15, -0.1) is 11.3 Å². The zero-order chi connectivity index (χ0) is 12.3. The highest BCUT2D eigenvalue weighted by Gasteiger charge is 2.08. The van der Waals surface area contributed by atoms with E-state index in [4.69, 9.17) is 0 Å². The minimum Gasteiger partial charge on any atom is -0.299 e. The minimum atomic E-state index is -0.911. The number of carbonyl (C=O) groups is 1. The third-order valence-corrected chi connectivity index (χ3v) is 3.21. The number of hydrogen-bond donors (Lipinski definition) is 0. The Morgan fingerprint density at radius 3 is 2.59 bits per heavy atom. The van der Waals surface area contributed by atoms with Crippen LogP contribution in [0.25, 0.3) is 0 Å². The van der Waals surface area contributed by atoms with Gasteiger partial charge in [0.1, 0.15) is 5.78 Å². The molecule has 0 aliphatic rings. The van der Waals surface area contributed by atoms with Gasteiger partial charge in [-0.25, -0.2) is 8.78 Å². The molecule has 2 rings (SSSR count). The van der Waals surface area contributed by atoms with E-state index in [0.717, 1.165) is 17.0 Å². The first kappa shape index (κ1) is 11.9. The van der Waals surface area contributed by atoms with Crippen LogP contribution in [0.4, 0.5) is 8.78 Å². The number of halogens is 2. The zero-order valence-electron chi connectivity index (χ0n) is 8.95. The minimum absolute atomic E-state index is 0.00143. The molecule has 0 unspecified atom stereocenters. The molecule has 1 aromatic heterocycles. The standard InChI is InChI=1S/C13H10F2OS/c14-12-4-3-9(7-13(12)15)6-10(16)8-11-2-1-5-17-11/h1-5,7H,6,8H2. The average molecular weight is 252 g/mol. The highest BCUT2D eigenvalue weighted by Crippen LogP contribution is 2.13. The Morgan fingerprint density at radius 1 is 1.12 bits per heavy atom.